The van der Waals surface area contributed by atoms with Crippen molar-refractivity contribution in [2.24, 2.45) is 0 Å². The summed E-state index contributed by atoms with van der Waals surface area (Å²) in [7, 11) is 1.61. The van der Waals surface area contributed by atoms with Gasteiger partial charge in [-0.05, 0) is 44.0 Å². The fourth-order valence-corrected chi connectivity index (χ4v) is 3.26. The lowest BCUT2D eigenvalue weighted by Gasteiger charge is -2.16. The molecule has 1 aliphatic carbocycles. The second kappa shape index (κ2) is 8.00. The van der Waals surface area contributed by atoms with Gasteiger partial charge in [0.25, 0.3) is 0 Å². The minimum Gasteiger partial charge on any atom is -0.488 e. The van der Waals surface area contributed by atoms with E-state index in [1.165, 1.54) is 12.1 Å². The first-order chi connectivity index (χ1) is 14.5. The van der Waals surface area contributed by atoms with Crippen LogP contribution in [0.1, 0.15) is 41.9 Å². The van der Waals surface area contributed by atoms with Crippen molar-refractivity contribution in [2.75, 3.05) is 19.0 Å². The summed E-state index contributed by atoms with van der Waals surface area (Å²) < 4.78 is 12.9. The molecule has 0 bridgehead atoms. The number of carboxylic acids is 1. The molecular weight excluding hydrogens is 386 g/mol. The van der Waals surface area contributed by atoms with Crippen molar-refractivity contribution in [2.45, 2.75) is 31.9 Å². The Morgan fingerprint density at radius 2 is 2.23 bits per heavy atom. The van der Waals surface area contributed by atoms with Gasteiger partial charge in [0.05, 0.1) is 30.0 Å². The number of aromatic carboxylic acids is 1. The fraction of sp³-hybridized carbons (Fsp3) is 0.333. The molecule has 0 aliphatic heterocycles. The molecule has 154 valence electrons. The average Bonchev–Trinajstić information content (AvgIpc) is 3.46. The van der Waals surface area contributed by atoms with E-state index in [-0.39, 0.29) is 17.7 Å². The van der Waals surface area contributed by atoms with E-state index in [1.54, 1.807) is 25.4 Å². The first-order valence-electron chi connectivity index (χ1n) is 9.58. The first-order valence-corrected chi connectivity index (χ1v) is 9.58. The quantitative estimate of drug-likeness (QED) is 0.582. The minimum atomic E-state index is -1.02. The molecule has 2 aromatic heterocycles. The summed E-state index contributed by atoms with van der Waals surface area (Å²) in [6, 6.07) is 8.49. The second-order valence-corrected chi connectivity index (χ2v) is 7.25. The molecule has 2 heterocycles. The number of fused-ring (bicyclic) bond motifs is 1. The molecule has 1 unspecified atom stereocenters. The lowest BCUT2D eigenvalue weighted by molar-refractivity contribution is 0.0696. The number of aromatic nitrogens is 3. The lowest BCUT2D eigenvalue weighted by Crippen LogP contribution is -2.13. The number of nitrogens with zero attached hydrogens (tertiary/aromatic N) is 4. The molecule has 1 aliphatic rings. The topological polar surface area (TPSA) is 122 Å². The van der Waals surface area contributed by atoms with Crippen molar-refractivity contribution in [3.05, 3.63) is 41.7 Å². The summed E-state index contributed by atoms with van der Waals surface area (Å²) in [4.78, 5) is 20.3. The molecule has 1 atom stereocenters. The van der Waals surface area contributed by atoms with E-state index in [1.807, 2.05) is 11.5 Å². The number of carboxylic acid groups (broad SMARTS) is 1. The highest BCUT2D eigenvalue weighted by molar-refractivity contribution is 5.89. The molecule has 0 saturated heterocycles. The molecule has 9 heteroatoms. The van der Waals surface area contributed by atoms with Gasteiger partial charge in [-0.3, -0.25) is 0 Å². The second-order valence-electron chi connectivity index (χ2n) is 7.25. The average molecular weight is 407 g/mol. The third kappa shape index (κ3) is 3.90. The molecule has 30 heavy (non-hydrogen) atoms. The zero-order valence-corrected chi connectivity index (χ0v) is 16.6. The summed E-state index contributed by atoms with van der Waals surface area (Å²) in [5.41, 5.74) is 1.81. The van der Waals surface area contributed by atoms with Gasteiger partial charge in [-0.25, -0.2) is 9.78 Å². The van der Waals surface area contributed by atoms with Crippen molar-refractivity contribution in [3.63, 3.8) is 0 Å². The maximum absolute atomic E-state index is 11.3. The molecule has 3 aromatic rings. The molecule has 1 saturated carbocycles. The van der Waals surface area contributed by atoms with Gasteiger partial charge in [0.1, 0.15) is 23.2 Å². The largest absolute Gasteiger partial charge is 0.488 e. The number of methoxy groups -OCH3 is 1. The molecule has 0 radical (unpaired) electrons. The fourth-order valence-electron chi connectivity index (χ4n) is 3.26. The summed E-state index contributed by atoms with van der Waals surface area (Å²) in [5, 5.41) is 22.6. The third-order valence-corrected chi connectivity index (χ3v) is 4.83. The van der Waals surface area contributed by atoms with Crippen LogP contribution in [0.25, 0.3) is 11.0 Å². The smallest absolute Gasteiger partial charge is 0.335 e. The van der Waals surface area contributed by atoms with E-state index >= 15 is 0 Å². The molecule has 1 aromatic carbocycles. The van der Waals surface area contributed by atoms with Crippen molar-refractivity contribution in [1.29, 1.82) is 5.26 Å². The highest BCUT2D eigenvalue weighted by Crippen LogP contribution is 2.34. The Bertz CT molecular complexity index is 1150. The number of benzene rings is 1. The van der Waals surface area contributed by atoms with Crippen LogP contribution in [0, 0.1) is 11.3 Å². The summed E-state index contributed by atoms with van der Waals surface area (Å²) in [5.74, 6) is -0.254. The van der Waals surface area contributed by atoms with Crippen LogP contribution in [0.3, 0.4) is 0 Å². The molecule has 0 amide bonds. The summed E-state index contributed by atoms with van der Waals surface area (Å²) in [6.45, 7) is 2.38. The Morgan fingerprint density at radius 3 is 2.90 bits per heavy atom. The van der Waals surface area contributed by atoms with E-state index in [2.05, 4.69) is 21.4 Å². The number of anilines is 2. The van der Waals surface area contributed by atoms with Crippen LogP contribution < -0.4 is 10.1 Å². The van der Waals surface area contributed by atoms with Crippen LogP contribution >= 0.6 is 0 Å². The molecular formula is C21H21N5O4. The number of hydrogen-bond donors (Lipinski definition) is 2. The van der Waals surface area contributed by atoms with Crippen LogP contribution in [0.5, 0.6) is 5.75 Å². The predicted octanol–water partition coefficient (Wildman–Crippen LogP) is 3.49. The Hall–Kier alpha value is -3.64. The van der Waals surface area contributed by atoms with E-state index in [0.717, 1.165) is 18.2 Å². The van der Waals surface area contributed by atoms with Crippen LogP contribution in [0.4, 0.5) is 11.6 Å². The van der Waals surface area contributed by atoms with Crippen LogP contribution in [0.2, 0.25) is 0 Å². The Labute approximate surface area is 172 Å². The number of nitriles is 1. The van der Waals surface area contributed by atoms with E-state index in [0.29, 0.717) is 35.3 Å². The molecule has 4 rings (SSSR count). The monoisotopic (exact) mass is 407 g/mol. The van der Waals surface area contributed by atoms with Gasteiger partial charge in [-0.1, -0.05) is 0 Å². The maximum atomic E-state index is 11.3. The molecule has 9 nitrogen and oxygen atoms in total. The highest BCUT2D eigenvalue weighted by atomic mass is 16.5. The maximum Gasteiger partial charge on any atom is 0.335 e. The zero-order valence-electron chi connectivity index (χ0n) is 16.6. The van der Waals surface area contributed by atoms with Crippen molar-refractivity contribution < 1.29 is 19.4 Å². The van der Waals surface area contributed by atoms with Crippen LogP contribution in [-0.4, -0.2) is 45.4 Å². The molecule has 2 N–H and O–H groups in total. The van der Waals surface area contributed by atoms with Gasteiger partial charge in [0.15, 0.2) is 0 Å². The van der Waals surface area contributed by atoms with E-state index in [9.17, 15) is 15.2 Å². The van der Waals surface area contributed by atoms with E-state index in [4.69, 9.17) is 9.47 Å². The lowest BCUT2D eigenvalue weighted by atomic mass is 10.2. The van der Waals surface area contributed by atoms with Crippen molar-refractivity contribution in [3.8, 4) is 11.8 Å². The summed E-state index contributed by atoms with van der Waals surface area (Å²) in [6.07, 6.45) is 3.64. The number of nitrogens with one attached hydrogen (secondary N) is 1. The van der Waals surface area contributed by atoms with E-state index < -0.39 is 5.97 Å². The minimum absolute atomic E-state index is 0.0893. The first kappa shape index (κ1) is 19.7. The Balaban J connectivity index is 1.71. The predicted molar refractivity (Wildman–Crippen MR) is 109 cm³/mol. The Morgan fingerprint density at radius 1 is 1.43 bits per heavy atom. The zero-order chi connectivity index (χ0) is 21.3. The van der Waals surface area contributed by atoms with Gasteiger partial charge in [-0.2, -0.15) is 10.2 Å². The number of rotatable bonds is 8. The van der Waals surface area contributed by atoms with Crippen LogP contribution in [-0.2, 0) is 4.74 Å². The molecule has 0 spiro atoms. The number of ether oxygens (including phenoxy) is 2. The standard InChI is InChI=1S/C21H21N5O4/c1-12(11-29-2)26-15(9-22)7-14-10-23-21(25-19(14)26)24-17-6-3-13(20(27)28)8-18(17)30-16-4-5-16/h3,6-8,10,12,16H,4-5,11H2,1-2H3,(H,27,28)(H,23,24,25). The van der Waals surface area contributed by atoms with Gasteiger partial charge in [0.2, 0.25) is 5.95 Å². The van der Waals surface area contributed by atoms with Crippen molar-refractivity contribution >= 4 is 28.6 Å². The summed E-state index contributed by atoms with van der Waals surface area (Å²) >= 11 is 0. The SMILES string of the molecule is COCC(C)n1c(C#N)cc2cnc(Nc3ccc(C(=O)O)cc3OC3CC3)nc21. The number of hydrogen-bond acceptors (Lipinski definition) is 7. The number of carbonyl (C=O) groups is 1. The van der Waals surface area contributed by atoms with Gasteiger partial charge in [0, 0.05) is 18.7 Å². The van der Waals surface area contributed by atoms with Crippen molar-refractivity contribution in [1.82, 2.24) is 14.5 Å². The van der Waals surface area contributed by atoms with Gasteiger partial charge < -0.3 is 24.5 Å². The molecule has 1 fully saturated rings. The highest BCUT2D eigenvalue weighted by Gasteiger charge is 2.25. The third-order valence-electron chi connectivity index (χ3n) is 4.83. The van der Waals surface area contributed by atoms with Gasteiger partial charge >= 0.3 is 5.97 Å². The van der Waals surface area contributed by atoms with Gasteiger partial charge in [-0.15, -0.1) is 0 Å². The Kier molecular flexibility index (Phi) is 5.25. The van der Waals surface area contributed by atoms with Crippen LogP contribution in [0.15, 0.2) is 30.5 Å². The normalized spacial score (nSPS) is 14.3.